The van der Waals surface area contributed by atoms with Gasteiger partial charge < -0.3 is 15.2 Å². The fraction of sp³-hybridized carbons (Fsp3) is 1.00. The quantitative estimate of drug-likeness (QED) is 0.704. The number of rotatable bonds is 6. The maximum absolute atomic E-state index is 9.04. The highest BCUT2D eigenvalue weighted by Gasteiger charge is 2.25. The Morgan fingerprint density at radius 1 is 1.35 bits per heavy atom. The summed E-state index contributed by atoms with van der Waals surface area (Å²) in [4.78, 5) is 0. The van der Waals surface area contributed by atoms with Crippen LogP contribution < -0.4 is 5.32 Å². The Kier molecular flexibility index (Phi) is 6.45. The van der Waals surface area contributed by atoms with Gasteiger partial charge in [-0.15, -0.1) is 0 Å². The Bertz CT molecular complexity index is 200. The van der Waals surface area contributed by atoms with Crippen LogP contribution in [0.5, 0.6) is 0 Å². The summed E-state index contributed by atoms with van der Waals surface area (Å²) in [6.45, 7) is 5.67. The fourth-order valence-corrected chi connectivity index (χ4v) is 2.73. The summed E-state index contributed by atoms with van der Waals surface area (Å²) >= 11 is 0. The molecule has 0 aromatic rings. The molecule has 17 heavy (non-hydrogen) atoms. The standard InChI is InChI=1S/C14H29NO2/c1-14(2)8-4-5-12(6-9-14)15-13(7-10-16)11-17-3/h12-13,15-16H,4-11H2,1-3H3. The van der Waals surface area contributed by atoms with Crippen LogP contribution >= 0.6 is 0 Å². The summed E-state index contributed by atoms with van der Waals surface area (Å²) in [5.41, 5.74) is 0.504. The number of hydrogen-bond acceptors (Lipinski definition) is 3. The van der Waals surface area contributed by atoms with E-state index >= 15 is 0 Å². The summed E-state index contributed by atoms with van der Waals surface area (Å²) in [5, 5.41) is 12.7. The monoisotopic (exact) mass is 243 g/mol. The van der Waals surface area contributed by atoms with Crippen LogP contribution in [0.2, 0.25) is 0 Å². The van der Waals surface area contributed by atoms with Crippen molar-refractivity contribution in [1.29, 1.82) is 0 Å². The van der Waals surface area contributed by atoms with Gasteiger partial charge in [0.25, 0.3) is 0 Å². The van der Waals surface area contributed by atoms with E-state index in [-0.39, 0.29) is 6.61 Å². The smallest absolute Gasteiger partial charge is 0.0616 e. The number of methoxy groups -OCH3 is 1. The third-order valence-corrected chi connectivity index (χ3v) is 3.89. The van der Waals surface area contributed by atoms with Crippen molar-refractivity contribution >= 4 is 0 Å². The minimum atomic E-state index is 0.235. The molecule has 1 fully saturated rings. The zero-order valence-corrected chi connectivity index (χ0v) is 11.7. The van der Waals surface area contributed by atoms with Gasteiger partial charge in [0.1, 0.15) is 0 Å². The van der Waals surface area contributed by atoms with Crippen molar-refractivity contribution in [3.8, 4) is 0 Å². The molecule has 0 aliphatic heterocycles. The van der Waals surface area contributed by atoms with Crippen LogP contribution in [0, 0.1) is 5.41 Å². The molecule has 0 spiro atoms. The predicted molar refractivity (Wildman–Crippen MR) is 71.2 cm³/mol. The molecule has 0 amide bonds. The molecule has 102 valence electrons. The van der Waals surface area contributed by atoms with Crippen LogP contribution in [0.15, 0.2) is 0 Å². The minimum absolute atomic E-state index is 0.235. The summed E-state index contributed by atoms with van der Waals surface area (Å²) in [6.07, 6.45) is 7.23. The molecule has 0 aromatic carbocycles. The highest BCUT2D eigenvalue weighted by atomic mass is 16.5. The van der Waals surface area contributed by atoms with E-state index in [0.717, 1.165) is 6.42 Å². The lowest BCUT2D eigenvalue weighted by Crippen LogP contribution is -2.41. The first-order valence-corrected chi connectivity index (χ1v) is 6.93. The molecule has 1 rings (SSSR count). The van der Waals surface area contributed by atoms with E-state index in [1.807, 2.05) is 0 Å². The van der Waals surface area contributed by atoms with Crippen LogP contribution in [0.25, 0.3) is 0 Å². The molecule has 2 atom stereocenters. The van der Waals surface area contributed by atoms with Gasteiger partial charge in [-0.25, -0.2) is 0 Å². The van der Waals surface area contributed by atoms with E-state index in [0.29, 0.717) is 24.1 Å². The van der Waals surface area contributed by atoms with Crippen molar-refractivity contribution in [2.75, 3.05) is 20.3 Å². The average Bonchev–Trinajstić information content (AvgIpc) is 2.41. The molecule has 1 aliphatic rings. The van der Waals surface area contributed by atoms with Gasteiger partial charge in [-0.3, -0.25) is 0 Å². The molecule has 0 heterocycles. The largest absolute Gasteiger partial charge is 0.396 e. The third-order valence-electron chi connectivity index (χ3n) is 3.89. The second-order valence-corrected chi connectivity index (χ2v) is 6.12. The van der Waals surface area contributed by atoms with Crippen molar-refractivity contribution in [2.24, 2.45) is 5.41 Å². The number of aliphatic hydroxyl groups excluding tert-OH is 1. The normalized spacial score (nSPS) is 26.5. The van der Waals surface area contributed by atoms with Crippen molar-refractivity contribution in [3.63, 3.8) is 0 Å². The van der Waals surface area contributed by atoms with Gasteiger partial charge in [-0.1, -0.05) is 20.3 Å². The molecule has 3 heteroatoms. The van der Waals surface area contributed by atoms with Gasteiger partial charge in [-0.2, -0.15) is 0 Å². The summed E-state index contributed by atoms with van der Waals surface area (Å²) < 4.78 is 5.20. The predicted octanol–water partition coefficient (Wildman–Crippen LogP) is 2.33. The highest BCUT2D eigenvalue weighted by Crippen LogP contribution is 2.33. The maximum Gasteiger partial charge on any atom is 0.0616 e. The number of ether oxygens (including phenoxy) is 1. The molecular formula is C14H29NO2. The molecule has 2 unspecified atom stereocenters. The molecule has 1 aliphatic carbocycles. The van der Waals surface area contributed by atoms with Crippen LogP contribution in [-0.4, -0.2) is 37.5 Å². The van der Waals surface area contributed by atoms with Crippen molar-refractivity contribution in [2.45, 2.75) is 64.5 Å². The first-order valence-electron chi connectivity index (χ1n) is 6.93. The van der Waals surface area contributed by atoms with Crippen molar-refractivity contribution in [3.05, 3.63) is 0 Å². The van der Waals surface area contributed by atoms with Gasteiger partial charge >= 0.3 is 0 Å². The van der Waals surface area contributed by atoms with E-state index in [1.165, 1.54) is 32.1 Å². The summed E-state index contributed by atoms with van der Waals surface area (Å²) in [5.74, 6) is 0. The topological polar surface area (TPSA) is 41.5 Å². The van der Waals surface area contributed by atoms with E-state index in [2.05, 4.69) is 19.2 Å². The summed E-state index contributed by atoms with van der Waals surface area (Å²) in [7, 11) is 1.72. The lowest BCUT2D eigenvalue weighted by atomic mass is 9.85. The minimum Gasteiger partial charge on any atom is -0.396 e. The van der Waals surface area contributed by atoms with Gasteiger partial charge in [0.05, 0.1) is 6.61 Å². The molecule has 0 aromatic heterocycles. The lowest BCUT2D eigenvalue weighted by Gasteiger charge is -2.25. The molecule has 3 nitrogen and oxygen atoms in total. The summed E-state index contributed by atoms with van der Waals surface area (Å²) in [6, 6.07) is 0.902. The molecular weight excluding hydrogens is 214 g/mol. The second kappa shape index (κ2) is 7.34. The Morgan fingerprint density at radius 2 is 2.12 bits per heavy atom. The zero-order chi connectivity index (χ0) is 12.7. The molecule has 0 bridgehead atoms. The van der Waals surface area contributed by atoms with Gasteiger partial charge in [0.2, 0.25) is 0 Å². The van der Waals surface area contributed by atoms with E-state index < -0.39 is 0 Å². The Balaban J connectivity index is 2.38. The molecule has 2 N–H and O–H groups in total. The highest BCUT2D eigenvalue weighted by molar-refractivity contribution is 4.82. The number of hydrogen-bond donors (Lipinski definition) is 2. The van der Waals surface area contributed by atoms with Crippen molar-refractivity contribution < 1.29 is 9.84 Å². The van der Waals surface area contributed by atoms with Crippen LogP contribution in [-0.2, 0) is 4.74 Å². The Hall–Kier alpha value is -0.120. The Labute approximate surface area is 106 Å². The molecule has 0 saturated heterocycles. The van der Waals surface area contributed by atoms with Crippen LogP contribution in [0.1, 0.15) is 52.4 Å². The van der Waals surface area contributed by atoms with Crippen LogP contribution in [0.3, 0.4) is 0 Å². The van der Waals surface area contributed by atoms with E-state index in [4.69, 9.17) is 9.84 Å². The Morgan fingerprint density at radius 3 is 2.76 bits per heavy atom. The van der Waals surface area contributed by atoms with Crippen LogP contribution in [0.4, 0.5) is 0 Å². The van der Waals surface area contributed by atoms with E-state index in [9.17, 15) is 0 Å². The van der Waals surface area contributed by atoms with Gasteiger partial charge in [0, 0.05) is 25.8 Å². The first kappa shape index (κ1) is 14.9. The zero-order valence-electron chi connectivity index (χ0n) is 11.7. The number of nitrogens with one attached hydrogen (secondary N) is 1. The lowest BCUT2D eigenvalue weighted by molar-refractivity contribution is 0.140. The average molecular weight is 243 g/mol. The molecule has 0 radical (unpaired) electrons. The first-order chi connectivity index (χ1) is 8.07. The van der Waals surface area contributed by atoms with E-state index in [1.54, 1.807) is 7.11 Å². The SMILES string of the molecule is COCC(CCO)NC1CCCC(C)(C)CC1. The van der Waals surface area contributed by atoms with Gasteiger partial charge in [0.15, 0.2) is 0 Å². The van der Waals surface area contributed by atoms with Crippen molar-refractivity contribution in [1.82, 2.24) is 5.32 Å². The van der Waals surface area contributed by atoms with Gasteiger partial charge in [-0.05, 0) is 37.5 Å². The maximum atomic E-state index is 9.04. The third kappa shape index (κ3) is 5.84. The second-order valence-electron chi connectivity index (χ2n) is 6.12. The fourth-order valence-electron chi connectivity index (χ4n) is 2.73. The number of aliphatic hydroxyl groups is 1. The molecule has 1 saturated carbocycles.